The van der Waals surface area contributed by atoms with E-state index in [4.69, 9.17) is 0 Å². The minimum Gasteiger partial charge on any atom is -0.341 e. The summed E-state index contributed by atoms with van der Waals surface area (Å²) in [5.74, 6) is 0.364. The number of carbonyl (C=O) groups is 2. The molecule has 2 aromatic rings. The second-order valence-electron chi connectivity index (χ2n) is 4.19. The quantitative estimate of drug-likeness (QED) is 0.680. The Morgan fingerprint density at radius 3 is 2.29 bits per heavy atom. The number of hydrogen-bond acceptors (Lipinski definition) is 4. The highest BCUT2D eigenvalue weighted by Crippen LogP contribution is 2.14. The van der Waals surface area contributed by atoms with Crippen LogP contribution in [0.3, 0.4) is 0 Å². The zero-order valence-corrected chi connectivity index (χ0v) is 11.7. The monoisotopic (exact) mass is 288 g/mol. The number of nitrogens with zero attached hydrogens (tertiary/aromatic N) is 2. The van der Waals surface area contributed by atoms with E-state index in [1.54, 1.807) is 24.3 Å². The third-order valence-corrected chi connectivity index (χ3v) is 2.70. The molecule has 0 saturated heterocycles. The van der Waals surface area contributed by atoms with Crippen molar-refractivity contribution in [3.8, 4) is 0 Å². The van der Waals surface area contributed by atoms with Gasteiger partial charge in [-0.2, -0.15) is 0 Å². The predicted molar refractivity (Wildman–Crippen MR) is 78.2 cm³/mol. The van der Waals surface area contributed by atoms with Gasteiger partial charge in [-0.3, -0.25) is 9.89 Å². The molecule has 0 fully saturated rings. The van der Waals surface area contributed by atoms with E-state index < -0.39 is 5.91 Å². The second kappa shape index (κ2) is 6.51. The number of aromatic amines is 1. The molecule has 0 spiro atoms. The summed E-state index contributed by atoms with van der Waals surface area (Å²) in [6.45, 7) is 1.92. The van der Waals surface area contributed by atoms with Crippen molar-refractivity contribution in [3.63, 3.8) is 0 Å². The number of carbonyl (C=O) groups excluding carboxylic acids is 2. The minimum absolute atomic E-state index is 0.0967. The average molecular weight is 288 g/mol. The maximum absolute atomic E-state index is 11.9. The molecule has 0 aliphatic carbocycles. The van der Waals surface area contributed by atoms with Gasteiger partial charge in [-0.15, -0.1) is 5.10 Å². The highest BCUT2D eigenvalue weighted by Gasteiger charge is 2.12. The first-order chi connectivity index (χ1) is 10.1. The SMILES string of the molecule is CCc1nc(C(=O)Nc2ccc(NC(=O)NC)cc2)n[nH]1. The molecule has 0 radical (unpaired) electrons. The molecule has 0 aliphatic heterocycles. The molecule has 1 heterocycles. The predicted octanol–water partition coefficient (Wildman–Crippen LogP) is 1.37. The number of anilines is 2. The third-order valence-electron chi connectivity index (χ3n) is 2.70. The van der Waals surface area contributed by atoms with E-state index in [0.29, 0.717) is 23.6 Å². The topological polar surface area (TPSA) is 112 Å². The van der Waals surface area contributed by atoms with Crippen LogP contribution in [0.5, 0.6) is 0 Å². The van der Waals surface area contributed by atoms with Crippen molar-refractivity contribution in [2.24, 2.45) is 0 Å². The average Bonchev–Trinajstić information content (AvgIpc) is 2.98. The van der Waals surface area contributed by atoms with Crippen LogP contribution in [-0.2, 0) is 6.42 Å². The lowest BCUT2D eigenvalue weighted by atomic mass is 10.3. The molecule has 0 unspecified atom stereocenters. The Bertz CT molecular complexity index is 634. The molecule has 0 aliphatic rings. The Morgan fingerprint density at radius 2 is 1.76 bits per heavy atom. The fraction of sp³-hybridized carbons (Fsp3) is 0.231. The fourth-order valence-corrected chi connectivity index (χ4v) is 1.57. The molecule has 0 saturated carbocycles. The van der Waals surface area contributed by atoms with Crippen LogP contribution in [0.1, 0.15) is 23.4 Å². The van der Waals surface area contributed by atoms with E-state index in [1.165, 1.54) is 7.05 Å². The summed E-state index contributed by atoms with van der Waals surface area (Å²) >= 11 is 0. The van der Waals surface area contributed by atoms with Crippen molar-refractivity contribution in [3.05, 3.63) is 35.9 Å². The van der Waals surface area contributed by atoms with Crippen molar-refractivity contribution in [2.45, 2.75) is 13.3 Å². The molecule has 3 amide bonds. The summed E-state index contributed by atoms with van der Waals surface area (Å²) in [5.41, 5.74) is 1.21. The van der Waals surface area contributed by atoms with Crippen LogP contribution in [0, 0.1) is 0 Å². The number of aryl methyl sites for hydroxylation is 1. The molecular weight excluding hydrogens is 272 g/mol. The Morgan fingerprint density at radius 1 is 1.14 bits per heavy atom. The van der Waals surface area contributed by atoms with E-state index in [9.17, 15) is 9.59 Å². The highest BCUT2D eigenvalue weighted by atomic mass is 16.2. The minimum atomic E-state index is -0.391. The van der Waals surface area contributed by atoms with Gasteiger partial charge in [-0.1, -0.05) is 6.92 Å². The van der Waals surface area contributed by atoms with Gasteiger partial charge in [0, 0.05) is 24.8 Å². The Kier molecular flexibility index (Phi) is 4.50. The largest absolute Gasteiger partial charge is 0.341 e. The summed E-state index contributed by atoms with van der Waals surface area (Å²) in [7, 11) is 1.53. The number of hydrogen-bond donors (Lipinski definition) is 4. The number of amides is 3. The van der Waals surface area contributed by atoms with E-state index in [-0.39, 0.29) is 11.9 Å². The van der Waals surface area contributed by atoms with E-state index in [1.807, 2.05) is 6.92 Å². The number of aromatic nitrogens is 3. The van der Waals surface area contributed by atoms with Gasteiger partial charge >= 0.3 is 6.03 Å². The summed E-state index contributed by atoms with van der Waals surface area (Å²) in [4.78, 5) is 27.1. The normalized spacial score (nSPS) is 10.0. The van der Waals surface area contributed by atoms with Crippen LogP contribution >= 0.6 is 0 Å². The van der Waals surface area contributed by atoms with E-state index >= 15 is 0 Å². The number of H-pyrrole nitrogens is 1. The van der Waals surface area contributed by atoms with Crippen LogP contribution in [0.2, 0.25) is 0 Å². The highest BCUT2D eigenvalue weighted by molar-refractivity contribution is 6.01. The Hall–Kier alpha value is -2.90. The van der Waals surface area contributed by atoms with Crippen molar-refractivity contribution < 1.29 is 9.59 Å². The number of rotatable bonds is 4. The zero-order valence-electron chi connectivity index (χ0n) is 11.7. The standard InChI is InChI=1S/C13H16N6O2/c1-3-10-17-11(19-18-10)12(20)15-8-4-6-9(7-5-8)16-13(21)14-2/h4-7H,3H2,1-2H3,(H,15,20)(H2,14,16,21)(H,17,18,19). The summed E-state index contributed by atoms with van der Waals surface area (Å²) in [6, 6.07) is 6.41. The van der Waals surface area contributed by atoms with Crippen molar-refractivity contribution in [1.29, 1.82) is 0 Å². The zero-order chi connectivity index (χ0) is 15.2. The second-order valence-corrected chi connectivity index (χ2v) is 4.19. The first-order valence-corrected chi connectivity index (χ1v) is 6.43. The molecular formula is C13H16N6O2. The fourth-order valence-electron chi connectivity index (χ4n) is 1.57. The van der Waals surface area contributed by atoms with Gasteiger partial charge in [0.1, 0.15) is 5.82 Å². The smallest absolute Gasteiger partial charge is 0.318 e. The first-order valence-electron chi connectivity index (χ1n) is 6.43. The lowest BCUT2D eigenvalue weighted by Crippen LogP contribution is -2.24. The van der Waals surface area contributed by atoms with E-state index in [2.05, 4.69) is 31.1 Å². The van der Waals surface area contributed by atoms with Gasteiger partial charge in [0.25, 0.3) is 5.91 Å². The maximum Gasteiger partial charge on any atom is 0.318 e. The molecule has 21 heavy (non-hydrogen) atoms. The van der Waals surface area contributed by atoms with Crippen molar-refractivity contribution >= 4 is 23.3 Å². The van der Waals surface area contributed by atoms with Gasteiger partial charge < -0.3 is 16.0 Å². The molecule has 1 aromatic carbocycles. The van der Waals surface area contributed by atoms with Crippen molar-refractivity contribution in [1.82, 2.24) is 20.5 Å². The van der Waals surface area contributed by atoms with Gasteiger partial charge in [-0.25, -0.2) is 9.78 Å². The lowest BCUT2D eigenvalue weighted by molar-refractivity contribution is 0.101. The van der Waals surface area contributed by atoms with Crippen LogP contribution in [0.25, 0.3) is 0 Å². The van der Waals surface area contributed by atoms with Crippen LogP contribution < -0.4 is 16.0 Å². The number of urea groups is 1. The van der Waals surface area contributed by atoms with Crippen molar-refractivity contribution in [2.75, 3.05) is 17.7 Å². The first kappa shape index (κ1) is 14.5. The number of nitrogens with one attached hydrogen (secondary N) is 4. The molecule has 2 rings (SSSR count). The molecule has 1 aromatic heterocycles. The molecule has 4 N–H and O–H groups in total. The number of benzene rings is 1. The maximum atomic E-state index is 11.9. The molecule has 0 atom stereocenters. The van der Waals surface area contributed by atoms with Gasteiger partial charge in [-0.05, 0) is 24.3 Å². The molecule has 0 bridgehead atoms. The summed E-state index contributed by atoms with van der Waals surface area (Å²) in [6.07, 6.45) is 0.681. The Labute approximate surface area is 121 Å². The Balaban J connectivity index is 1.99. The van der Waals surface area contributed by atoms with Gasteiger partial charge in [0.2, 0.25) is 5.82 Å². The molecule has 110 valence electrons. The van der Waals surface area contributed by atoms with E-state index in [0.717, 1.165) is 0 Å². The van der Waals surface area contributed by atoms with Gasteiger partial charge in [0.15, 0.2) is 0 Å². The summed E-state index contributed by atoms with van der Waals surface area (Å²) < 4.78 is 0. The summed E-state index contributed by atoms with van der Waals surface area (Å²) in [5, 5.41) is 14.3. The lowest BCUT2D eigenvalue weighted by Gasteiger charge is -2.06. The third kappa shape index (κ3) is 3.78. The molecule has 8 heteroatoms. The van der Waals surface area contributed by atoms with Crippen LogP contribution in [0.4, 0.5) is 16.2 Å². The van der Waals surface area contributed by atoms with Gasteiger partial charge in [0.05, 0.1) is 0 Å². The molecule has 8 nitrogen and oxygen atoms in total. The van der Waals surface area contributed by atoms with Crippen LogP contribution in [0.15, 0.2) is 24.3 Å². The van der Waals surface area contributed by atoms with Crippen LogP contribution in [-0.4, -0.2) is 34.2 Å².